The van der Waals surface area contributed by atoms with Crippen molar-refractivity contribution in [3.8, 4) is 5.75 Å². The summed E-state index contributed by atoms with van der Waals surface area (Å²) in [4.78, 5) is 17.4. The molecule has 0 radical (unpaired) electrons. The van der Waals surface area contributed by atoms with Crippen molar-refractivity contribution < 1.29 is 14.3 Å². The maximum atomic E-state index is 12.8. The molecule has 0 saturated carbocycles. The fourth-order valence-corrected chi connectivity index (χ4v) is 4.22. The minimum Gasteiger partial charge on any atom is -0.489 e. The average Bonchev–Trinajstić information content (AvgIpc) is 3.19. The molecule has 0 spiro atoms. The van der Waals surface area contributed by atoms with Crippen LogP contribution < -0.4 is 10.1 Å². The van der Waals surface area contributed by atoms with Gasteiger partial charge >= 0.3 is 5.97 Å². The Morgan fingerprint density at radius 3 is 2.62 bits per heavy atom. The van der Waals surface area contributed by atoms with Gasteiger partial charge in [-0.15, -0.1) is 5.10 Å². The number of rotatable bonds is 7. The highest BCUT2D eigenvalue weighted by atomic mass is 32.2. The molecule has 3 aromatic rings. The summed E-state index contributed by atoms with van der Waals surface area (Å²) in [6.45, 7) is 6.37. The van der Waals surface area contributed by atoms with E-state index < -0.39 is 12.0 Å². The Hall–Kier alpha value is -3.26. The van der Waals surface area contributed by atoms with Gasteiger partial charge in [-0.3, -0.25) is 0 Å². The van der Waals surface area contributed by atoms with Crippen LogP contribution in [0.25, 0.3) is 0 Å². The largest absolute Gasteiger partial charge is 0.489 e. The Morgan fingerprint density at radius 1 is 1.16 bits per heavy atom. The van der Waals surface area contributed by atoms with E-state index in [4.69, 9.17) is 9.47 Å². The molecule has 1 aromatic heterocycles. The quantitative estimate of drug-likeness (QED) is 0.411. The van der Waals surface area contributed by atoms with E-state index >= 15 is 0 Å². The lowest BCUT2D eigenvalue weighted by Gasteiger charge is -2.29. The first-order valence-corrected chi connectivity index (χ1v) is 11.4. The van der Waals surface area contributed by atoms with E-state index in [0.29, 0.717) is 34.7 Å². The molecule has 1 N–H and O–H groups in total. The highest BCUT2D eigenvalue weighted by Gasteiger charge is 2.36. The second-order valence-corrected chi connectivity index (χ2v) is 8.70. The van der Waals surface area contributed by atoms with Crippen LogP contribution in [0.1, 0.15) is 36.6 Å². The molecule has 1 atom stereocenters. The van der Waals surface area contributed by atoms with Crippen molar-refractivity contribution in [3.63, 3.8) is 0 Å². The predicted octanol–water partition coefficient (Wildman–Crippen LogP) is 4.74. The molecule has 166 valence electrons. The molecule has 1 aliphatic rings. The monoisotopic (exact) mass is 450 g/mol. The third kappa shape index (κ3) is 4.36. The van der Waals surface area contributed by atoms with Crippen molar-refractivity contribution >= 4 is 23.7 Å². The number of thioether (sulfide) groups is 1. The maximum absolute atomic E-state index is 12.8. The van der Waals surface area contributed by atoms with Gasteiger partial charge in [0, 0.05) is 11.3 Å². The van der Waals surface area contributed by atoms with Crippen LogP contribution in [0.5, 0.6) is 5.75 Å². The first-order valence-electron chi connectivity index (χ1n) is 10.4. The smallest absolute Gasteiger partial charge is 0.338 e. The van der Waals surface area contributed by atoms with Crippen LogP contribution in [-0.4, -0.2) is 33.6 Å². The van der Waals surface area contributed by atoms with Crippen molar-refractivity contribution in [2.45, 2.75) is 38.6 Å². The molecule has 0 bridgehead atoms. The number of hydrogen-bond acceptors (Lipinski definition) is 7. The van der Waals surface area contributed by atoms with E-state index in [1.165, 1.54) is 12.7 Å². The van der Waals surface area contributed by atoms with Gasteiger partial charge in [-0.1, -0.05) is 66.7 Å². The maximum Gasteiger partial charge on any atom is 0.338 e. The number of carbonyl (C=O) groups excluding carboxylic acids is 1. The molecule has 32 heavy (non-hydrogen) atoms. The SMILES string of the molecule is CCSc1nc2n(n1)C(c1ccccc1OCc1ccc(C)cc1)C(C(=O)OC)=C(C)N2. The van der Waals surface area contributed by atoms with Gasteiger partial charge in [0.05, 0.1) is 12.7 Å². The van der Waals surface area contributed by atoms with E-state index in [1.807, 2.05) is 38.1 Å². The van der Waals surface area contributed by atoms with Crippen LogP contribution >= 0.6 is 11.8 Å². The Labute approximate surface area is 191 Å². The third-order valence-electron chi connectivity index (χ3n) is 5.24. The van der Waals surface area contributed by atoms with Gasteiger partial charge in [-0.25, -0.2) is 9.48 Å². The molecule has 1 aliphatic heterocycles. The molecule has 1 unspecified atom stereocenters. The van der Waals surface area contributed by atoms with Gasteiger partial charge < -0.3 is 14.8 Å². The minimum atomic E-state index is -0.522. The molecule has 8 heteroatoms. The standard InChI is InChI=1S/C24H26N4O3S/c1-5-32-24-26-23-25-16(3)20(22(29)30-4)21(28(23)27-24)18-8-6-7-9-19(18)31-14-17-12-10-15(2)11-13-17/h6-13,21H,5,14H2,1-4H3,(H,25,26,27). The summed E-state index contributed by atoms with van der Waals surface area (Å²) >= 11 is 1.55. The van der Waals surface area contributed by atoms with Crippen molar-refractivity contribution in [1.29, 1.82) is 0 Å². The molecule has 7 nitrogen and oxygen atoms in total. The second kappa shape index (κ2) is 9.48. The number of methoxy groups -OCH3 is 1. The fourth-order valence-electron chi connectivity index (χ4n) is 3.67. The van der Waals surface area contributed by atoms with Crippen molar-refractivity contribution in [3.05, 3.63) is 76.5 Å². The number of allylic oxidation sites excluding steroid dienone is 1. The third-order valence-corrected chi connectivity index (χ3v) is 5.96. The average molecular weight is 451 g/mol. The number of ether oxygens (including phenoxy) is 2. The zero-order valence-electron chi connectivity index (χ0n) is 18.6. The highest BCUT2D eigenvalue weighted by Crippen LogP contribution is 2.40. The molecule has 0 saturated heterocycles. The zero-order valence-corrected chi connectivity index (χ0v) is 19.4. The second-order valence-electron chi connectivity index (χ2n) is 7.47. The lowest BCUT2D eigenvalue weighted by Crippen LogP contribution is -2.29. The van der Waals surface area contributed by atoms with Crippen LogP contribution in [-0.2, 0) is 16.1 Å². The zero-order chi connectivity index (χ0) is 22.7. The van der Waals surface area contributed by atoms with Crippen molar-refractivity contribution in [2.75, 3.05) is 18.2 Å². The number of anilines is 1. The lowest BCUT2D eigenvalue weighted by molar-refractivity contribution is -0.136. The van der Waals surface area contributed by atoms with Crippen LogP contribution in [0.15, 0.2) is 65.0 Å². The number of nitrogens with zero attached hydrogens (tertiary/aromatic N) is 3. The highest BCUT2D eigenvalue weighted by molar-refractivity contribution is 7.99. The van der Waals surface area contributed by atoms with Crippen LogP contribution in [0.3, 0.4) is 0 Å². The Bertz CT molecular complexity index is 1150. The Morgan fingerprint density at radius 2 is 1.91 bits per heavy atom. The summed E-state index contributed by atoms with van der Waals surface area (Å²) in [6.07, 6.45) is 0. The first kappa shape index (κ1) is 22.0. The van der Waals surface area contributed by atoms with Crippen LogP contribution in [0.4, 0.5) is 5.95 Å². The summed E-state index contributed by atoms with van der Waals surface area (Å²) in [6, 6.07) is 15.4. The van der Waals surface area contributed by atoms with Gasteiger partial charge in [0.1, 0.15) is 18.4 Å². The summed E-state index contributed by atoms with van der Waals surface area (Å²) in [5.74, 6) is 1.70. The number of esters is 1. The molecule has 4 rings (SSSR count). The van der Waals surface area contributed by atoms with E-state index in [0.717, 1.165) is 16.9 Å². The fraction of sp³-hybridized carbons (Fsp3) is 0.292. The van der Waals surface area contributed by atoms with E-state index in [1.54, 1.807) is 16.4 Å². The number of aromatic nitrogens is 3. The molecule has 0 fully saturated rings. The Kier molecular flexibility index (Phi) is 6.50. The van der Waals surface area contributed by atoms with Gasteiger partial charge in [0.2, 0.25) is 11.1 Å². The van der Waals surface area contributed by atoms with Gasteiger partial charge in [-0.05, 0) is 31.2 Å². The Balaban J connectivity index is 1.76. The first-order chi connectivity index (χ1) is 15.5. The van der Waals surface area contributed by atoms with E-state index in [-0.39, 0.29) is 0 Å². The van der Waals surface area contributed by atoms with Crippen LogP contribution in [0.2, 0.25) is 0 Å². The molecular formula is C24H26N4O3S. The predicted molar refractivity (Wildman–Crippen MR) is 125 cm³/mol. The summed E-state index contributed by atoms with van der Waals surface area (Å²) in [5, 5.41) is 8.53. The number of para-hydroxylation sites is 1. The van der Waals surface area contributed by atoms with Crippen molar-refractivity contribution in [2.24, 2.45) is 0 Å². The van der Waals surface area contributed by atoms with Gasteiger partial charge in [0.15, 0.2) is 0 Å². The molecule has 0 amide bonds. The summed E-state index contributed by atoms with van der Waals surface area (Å²) in [7, 11) is 1.38. The normalized spacial score (nSPS) is 15.2. The van der Waals surface area contributed by atoms with Gasteiger partial charge in [0.25, 0.3) is 0 Å². The molecule has 0 aliphatic carbocycles. The topological polar surface area (TPSA) is 78.3 Å². The molecular weight excluding hydrogens is 424 g/mol. The van der Waals surface area contributed by atoms with E-state index in [9.17, 15) is 4.79 Å². The molecule has 2 aromatic carbocycles. The summed E-state index contributed by atoms with van der Waals surface area (Å²) in [5.41, 5.74) is 4.25. The van der Waals surface area contributed by atoms with E-state index in [2.05, 4.69) is 46.6 Å². The number of aryl methyl sites for hydroxylation is 1. The number of nitrogens with one attached hydrogen (secondary N) is 1. The minimum absolute atomic E-state index is 0.416. The summed E-state index contributed by atoms with van der Waals surface area (Å²) < 4.78 is 13.1. The molecule has 2 heterocycles. The number of fused-ring (bicyclic) bond motifs is 1. The number of benzene rings is 2. The van der Waals surface area contributed by atoms with Crippen LogP contribution in [0, 0.1) is 6.92 Å². The number of carbonyl (C=O) groups is 1. The number of hydrogen-bond donors (Lipinski definition) is 1. The lowest BCUT2D eigenvalue weighted by atomic mass is 9.95. The van der Waals surface area contributed by atoms with Gasteiger partial charge in [-0.2, -0.15) is 4.98 Å². The van der Waals surface area contributed by atoms with Crippen molar-refractivity contribution in [1.82, 2.24) is 14.8 Å².